The molecule has 0 bridgehead atoms. The minimum Gasteiger partial charge on any atom is -0.395 e. The van der Waals surface area contributed by atoms with E-state index >= 15 is 0 Å². The maximum Gasteiger partial charge on any atom is 0.243 e. The lowest BCUT2D eigenvalue weighted by Gasteiger charge is -2.13. The van der Waals surface area contributed by atoms with E-state index in [9.17, 15) is 8.42 Å². The summed E-state index contributed by atoms with van der Waals surface area (Å²) in [5.74, 6) is 0. The molecule has 0 aliphatic carbocycles. The molecule has 1 aromatic rings. The molecule has 1 atom stereocenters. The minimum atomic E-state index is -3.81. The number of hydrogen-bond donors (Lipinski definition) is 2. The van der Waals surface area contributed by atoms with Gasteiger partial charge in [-0.1, -0.05) is 29.3 Å². The van der Waals surface area contributed by atoms with Gasteiger partial charge in [0.15, 0.2) is 0 Å². The highest BCUT2D eigenvalue weighted by atomic mass is 35.5. The zero-order chi connectivity index (χ0) is 12.3. The van der Waals surface area contributed by atoms with Crippen molar-refractivity contribution in [2.45, 2.75) is 17.9 Å². The molecule has 0 saturated heterocycles. The summed E-state index contributed by atoms with van der Waals surface area (Å²) in [6.07, 6.45) is 0. The first-order valence-electron chi connectivity index (χ1n) is 4.45. The maximum atomic E-state index is 11.9. The van der Waals surface area contributed by atoms with Crippen LogP contribution in [0.2, 0.25) is 10.0 Å². The van der Waals surface area contributed by atoms with Crippen LogP contribution in [-0.2, 0) is 10.0 Å². The van der Waals surface area contributed by atoms with Gasteiger partial charge in [-0.05, 0) is 19.1 Å². The summed E-state index contributed by atoms with van der Waals surface area (Å²) in [5.41, 5.74) is 0. The summed E-state index contributed by atoms with van der Waals surface area (Å²) >= 11 is 11.5. The average molecular weight is 284 g/mol. The number of rotatable bonds is 4. The molecular weight excluding hydrogens is 273 g/mol. The van der Waals surface area contributed by atoms with E-state index in [1.165, 1.54) is 19.1 Å². The Hall–Kier alpha value is -0.330. The minimum absolute atomic E-state index is 0.0464. The number of nitrogens with one attached hydrogen (secondary N) is 1. The molecule has 0 fully saturated rings. The summed E-state index contributed by atoms with van der Waals surface area (Å²) in [4.78, 5) is -0.168. The highest BCUT2D eigenvalue weighted by Gasteiger charge is 2.22. The molecule has 0 heterocycles. The van der Waals surface area contributed by atoms with Gasteiger partial charge in [0, 0.05) is 6.04 Å². The van der Waals surface area contributed by atoms with E-state index in [4.69, 9.17) is 28.3 Å². The summed E-state index contributed by atoms with van der Waals surface area (Å²) < 4.78 is 26.0. The largest absolute Gasteiger partial charge is 0.395 e. The molecule has 7 heteroatoms. The highest BCUT2D eigenvalue weighted by molar-refractivity contribution is 7.89. The molecule has 0 aliphatic rings. The SMILES string of the molecule is C[C@@H](CO)NS(=O)(=O)c1c(Cl)cccc1Cl. The maximum absolute atomic E-state index is 11.9. The summed E-state index contributed by atoms with van der Waals surface area (Å²) in [7, 11) is -3.81. The van der Waals surface area contributed by atoms with E-state index in [1.54, 1.807) is 6.07 Å². The first-order chi connectivity index (χ1) is 7.38. The fourth-order valence-corrected chi connectivity index (χ4v) is 3.48. The fraction of sp³-hybridized carbons (Fsp3) is 0.333. The van der Waals surface area contributed by atoms with Crippen LogP contribution in [0.15, 0.2) is 23.1 Å². The van der Waals surface area contributed by atoms with Crippen molar-refractivity contribution in [2.75, 3.05) is 6.61 Å². The van der Waals surface area contributed by atoms with Crippen molar-refractivity contribution in [3.63, 3.8) is 0 Å². The van der Waals surface area contributed by atoms with Gasteiger partial charge in [-0.25, -0.2) is 13.1 Å². The van der Waals surface area contributed by atoms with Gasteiger partial charge in [0.05, 0.1) is 16.7 Å². The Balaban J connectivity index is 3.17. The third-order valence-corrected chi connectivity index (χ3v) is 4.36. The van der Waals surface area contributed by atoms with Crippen LogP contribution in [0.25, 0.3) is 0 Å². The average Bonchev–Trinajstić information content (AvgIpc) is 2.16. The first-order valence-corrected chi connectivity index (χ1v) is 6.69. The molecule has 0 amide bonds. The molecule has 4 nitrogen and oxygen atoms in total. The number of aliphatic hydroxyl groups is 1. The second-order valence-corrected chi connectivity index (χ2v) is 5.72. The van der Waals surface area contributed by atoms with Crippen molar-refractivity contribution in [3.8, 4) is 0 Å². The molecule has 16 heavy (non-hydrogen) atoms. The van der Waals surface area contributed by atoms with Crippen LogP contribution in [-0.4, -0.2) is 26.2 Å². The molecule has 0 saturated carbocycles. The zero-order valence-electron chi connectivity index (χ0n) is 8.44. The van der Waals surface area contributed by atoms with Gasteiger partial charge in [-0.15, -0.1) is 0 Å². The second kappa shape index (κ2) is 5.33. The standard InChI is InChI=1S/C9H11Cl2NO3S/c1-6(5-13)12-16(14,15)9-7(10)3-2-4-8(9)11/h2-4,6,12-13H,5H2,1H3/t6-/m0/s1. The van der Waals surface area contributed by atoms with Crippen molar-refractivity contribution < 1.29 is 13.5 Å². The third-order valence-electron chi connectivity index (χ3n) is 1.82. The number of benzene rings is 1. The lowest BCUT2D eigenvalue weighted by Crippen LogP contribution is -2.35. The molecule has 90 valence electrons. The van der Waals surface area contributed by atoms with Gasteiger partial charge < -0.3 is 5.11 Å². The monoisotopic (exact) mass is 283 g/mol. The van der Waals surface area contributed by atoms with E-state index in [0.29, 0.717) is 0 Å². The Morgan fingerprint density at radius 3 is 2.31 bits per heavy atom. The van der Waals surface area contributed by atoms with E-state index < -0.39 is 16.1 Å². The van der Waals surface area contributed by atoms with Gasteiger partial charge in [0.2, 0.25) is 10.0 Å². The van der Waals surface area contributed by atoms with Crippen LogP contribution in [0.1, 0.15) is 6.92 Å². The topological polar surface area (TPSA) is 66.4 Å². The quantitative estimate of drug-likeness (QED) is 0.883. The fourth-order valence-electron chi connectivity index (χ4n) is 1.10. The predicted octanol–water partition coefficient (Wildman–Crippen LogP) is 1.65. The second-order valence-electron chi connectivity index (χ2n) is 3.26. The lowest BCUT2D eigenvalue weighted by molar-refractivity contribution is 0.265. The number of halogens is 2. The molecule has 0 aliphatic heterocycles. The number of aliphatic hydroxyl groups excluding tert-OH is 1. The van der Waals surface area contributed by atoms with Crippen LogP contribution < -0.4 is 4.72 Å². The van der Waals surface area contributed by atoms with E-state index in [-0.39, 0.29) is 21.5 Å². The summed E-state index contributed by atoms with van der Waals surface area (Å²) in [5, 5.41) is 8.88. The first kappa shape index (κ1) is 13.7. The Labute approximate surface area is 104 Å². The molecule has 0 unspecified atom stereocenters. The van der Waals surface area contributed by atoms with Crippen molar-refractivity contribution in [3.05, 3.63) is 28.2 Å². The molecule has 1 rings (SSSR count). The molecular formula is C9H11Cl2NO3S. The number of hydrogen-bond acceptors (Lipinski definition) is 3. The van der Waals surface area contributed by atoms with E-state index in [0.717, 1.165) is 0 Å². The van der Waals surface area contributed by atoms with Crippen LogP contribution in [0.4, 0.5) is 0 Å². The van der Waals surface area contributed by atoms with Gasteiger partial charge in [-0.2, -0.15) is 0 Å². The lowest BCUT2D eigenvalue weighted by atomic mass is 10.4. The normalized spacial score (nSPS) is 13.8. The summed E-state index contributed by atoms with van der Waals surface area (Å²) in [6, 6.07) is 3.83. The van der Waals surface area contributed by atoms with Crippen molar-refractivity contribution >= 4 is 33.2 Å². The van der Waals surface area contributed by atoms with E-state index in [2.05, 4.69) is 4.72 Å². The Morgan fingerprint density at radius 1 is 1.38 bits per heavy atom. The highest BCUT2D eigenvalue weighted by Crippen LogP contribution is 2.28. The Morgan fingerprint density at radius 2 is 1.88 bits per heavy atom. The molecule has 0 radical (unpaired) electrons. The van der Waals surface area contributed by atoms with Gasteiger partial charge in [-0.3, -0.25) is 0 Å². The molecule has 0 aromatic heterocycles. The number of sulfonamides is 1. The predicted molar refractivity (Wildman–Crippen MR) is 63.3 cm³/mol. The van der Waals surface area contributed by atoms with Crippen molar-refractivity contribution in [2.24, 2.45) is 0 Å². The van der Waals surface area contributed by atoms with Gasteiger partial charge >= 0.3 is 0 Å². The van der Waals surface area contributed by atoms with Crippen molar-refractivity contribution in [1.29, 1.82) is 0 Å². The third kappa shape index (κ3) is 3.09. The van der Waals surface area contributed by atoms with Crippen molar-refractivity contribution in [1.82, 2.24) is 4.72 Å². The van der Waals surface area contributed by atoms with Crippen LogP contribution in [0.3, 0.4) is 0 Å². The van der Waals surface area contributed by atoms with Crippen LogP contribution in [0, 0.1) is 0 Å². The van der Waals surface area contributed by atoms with Crippen LogP contribution >= 0.6 is 23.2 Å². The zero-order valence-corrected chi connectivity index (χ0v) is 10.8. The summed E-state index contributed by atoms with van der Waals surface area (Å²) in [6.45, 7) is 1.23. The smallest absolute Gasteiger partial charge is 0.243 e. The molecule has 1 aromatic carbocycles. The van der Waals surface area contributed by atoms with Gasteiger partial charge in [0.25, 0.3) is 0 Å². The Bertz CT molecular complexity index is 455. The van der Waals surface area contributed by atoms with Crippen LogP contribution in [0.5, 0.6) is 0 Å². The van der Waals surface area contributed by atoms with E-state index in [1.807, 2.05) is 0 Å². The molecule has 0 spiro atoms. The molecule has 2 N–H and O–H groups in total. The Kier molecular flexibility index (Phi) is 4.58. The van der Waals surface area contributed by atoms with Gasteiger partial charge in [0.1, 0.15) is 4.90 Å².